The molecule has 1 rings (SSSR count). The summed E-state index contributed by atoms with van der Waals surface area (Å²) in [6.07, 6.45) is 1.35. The number of benzene rings is 1. The first-order chi connectivity index (χ1) is 9.02. The molecule has 7 heteroatoms. The summed E-state index contributed by atoms with van der Waals surface area (Å²) in [5, 5.41) is 2.87. The minimum atomic E-state index is -2.69. The third-order valence-corrected chi connectivity index (χ3v) is 3.22. The Hall–Kier alpha value is -1.34. The summed E-state index contributed by atoms with van der Waals surface area (Å²) in [4.78, 5) is 11.5. The predicted octanol–water partition coefficient (Wildman–Crippen LogP) is 1.92. The van der Waals surface area contributed by atoms with E-state index in [0.29, 0.717) is 0 Å². The third kappa shape index (κ3) is 5.89. The van der Waals surface area contributed by atoms with Gasteiger partial charge in [0.15, 0.2) is 0 Å². The van der Waals surface area contributed by atoms with Gasteiger partial charge in [-0.05, 0) is 31.2 Å². The van der Waals surface area contributed by atoms with Crippen LogP contribution in [0.4, 0.5) is 5.69 Å². The van der Waals surface area contributed by atoms with Crippen molar-refractivity contribution in [3.63, 3.8) is 0 Å². The lowest BCUT2D eigenvalue weighted by atomic mass is 10.3. The zero-order chi connectivity index (χ0) is 14.3. The van der Waals surface area contributed by atoms with E-state index in [9.17, 15) is 13.2 Å². The SMILES string of the molecule is CCOC(=O)C(=CNc1ccc(Br)cc1)C[SH](=O)=O. The Labute approximate surface area is 121 Å². The van der Waals surface area contributed by atoms with E-state index in [1.54, 1.807) is 19.1 Å². The molecule has 0 unspecified atom stereocenters. The number of halogens is 1. The van der Waals surface area contributed by atoms with Gasteiger partial charge in [-0.1, -0.05) is 15.9 Å². The summed E-state index contributed by atoms with van der Waals surface area (Å²) in [7, 11) is -2.69. The first-order valence-corrected chi connectivity index (χ1v) is 7.68. The van der Waals surface area contributed by atoms with Crippen LogP contribution in [0.15, 0.2) is 40.5 Å². The van der Waals surface area contributed by atoms with Gasteiger partial charge >= 0.3 is 5.97 Å². The molecule has 0 aliphatic heterocycles. The lowest BCUT2D eigenvalue weighted by molar-refractivity contribution is -0.138. The predicted molar refractivity (Wildman–Crippen MR) is 77.7 cm³/mol. The topological polar surface area (TPSA) is 72.5 Å². The lowest BCUT2D eigenvalue weighted by Gasteiger charge is -2.06. The zero-order valence-electron chi connectivity index (χ0n) is 10.3. The van der Waals surface area contributed by atoms with Crippen LogP contribution in [0, 0.1) is 0 Å². The van der Waals surface area contributed by atoms with Gasteiger partial charge in [0.25, 0.3) is 0 Å². The van der Waals surface area contributed by atoms with Crippen molar-refractivity contribution in [3.8, 4) is 0 Å². The van der Waals surface area contributed by atoms with Crippen LogP contribution in [-0.2, 0) is 20.2 Å². The van der Waals surface area contributed by atoms with Crippen LogP contribution in [-0.4, -0.2) is 26.7 Å². The maximum atomic E-state index is 11.5. The van der Waals surface area contributed by atoms with Crippen LogP contribution in [0.1, 0.15) is 6.92 Å². The fourth-order valence-corrected chi connectivity index (χ4v) is 2.01. The first-order valence-electron chi connectivity index (χ1n) is 5.53. The van der Waals surface area contributed by atoms with Crippen LogP contribution in [0.2, 0.25) is 0 Å². The van der Waals surface area contributed by atoms with Crippen molar-refractivity contribution in [2.75, 3.05) is 17.7 Å². The van der Waals surface area contributed by atoms with E-state index in [1.807, 2.05) is 12.1 Å². The van der Waals surface area contributed by atoms with Crippen molar-refractivity contribution in [1.82, 2.24) is 0 Å². The summed E-state index contributed by atoms with van der Waals surface area (Å²) in [6, 6.07) is 7.24. The standard InChI is InChI=1S/C12H14BrNO4S/c1-2-18-12(15)9(8-19(16)17)7-14-11-5-3-10(13)4-6-11/h3-7,14,19H,2,8H2,1H3. The fraction of sp³-hybridized carbons (Fsp3) is 0.250. The number of hydrogen-bond acceptors (Lipinski definition) is 5. The normalized spacial score (nSPS) is 11.4. The molecular weight excluding hydrogens is 334 g/mol. The monoisotopic (exact) mass is 347 g/mol. The summed E-state index contributed by atoms with van der Waals surface area (Å²) in [5.41, 5.74) is 0.812. The Morgan fingerprint density at radius 2 is 2.00 bits per heavy atom. The van der Waals surface area contributed by atoms with Crippen molar-refractivity contribution < 1.29 is 17.9 Å². The van der Waals surface area contributed by atoms with Crippen molar-refractivity contribution in [2.45, 2.75) is 6.92 Å². The largest absolute Gasteiger partial charge is 0.463 e. The highest BCUT2D eigenvalue weighted by Gasteiger charge is 2.11. The molecule has 5 nitrogen and oxygen atoms in total. The van der Waals surface area contributed by atoms with Gasteiger partial charge < -0.3 is 10.1 Å². The molecule has 0 radical (unpaired) electrons. The lowest BCUT2D eigenvalue weighted by Crippen LogP contribution is -2.13. The molecule has 1 aromatic carbocycles. The molecule has 19 heavy (non-hydrogen) atoms. The molecular formula is C12H14BrNO4S. The molecule has 0 saturated carbocycles. The third-order valence-electron chi connectivity index (χ3n) is 2.09. The van der Waals surface area contributed by atoms with E-state index in [4.69, 9.17) is 4.74 Å². The number of esters is 1. The second kappa shape index (κ2) is 7.96. The Kier molecular flexibility index (Phi) is 6.58. The number of anilines is 1. The van der Waals surface area contributed by atoms with Gasteiger partial charge in [-0.25, -0.2) is 13.2 Å². The Morgan fingerprint density at radius 3 is 2.53 bits per heavy atom. The molecule has 0 bridgehead atoms. The van der Waals surface area contributed by atoms with Crippen molar-refractivity contribution in [2.24, 2.45) is 0 Å². The second-order valence-electron chi connectivity index (χ2n) is 3.53. The average molecular weight is 348 g/mol. The minimum Gasteiger partial charge on any atom is -0.463 e. The molecule has 1 N–H and O–H groups in total. The quantitative estimate of drug-likeness (QED) is 0.467. The number of carbonyl (C=O) groups is 1. The van der Waals surface area contributed by atoms with Gasteiger partial charge in [-0.3, -0.25) is 0 Å². The minimum absolute atomic E-state index is 0.0703. The van der Waals surface area contributed by atoms with Crippen molar-refractivity contribution in [1.29, 1.82) is 0 Å². The molecule has 0 aliphatic carbocycles. The highest BCUT2D eigenvalue weighted by atomic mass is 79.9. The van der Waals surface area contributed by atoms with E-state index in [2.05, 4.69) is 21.2 Å². The summed E-state index contributed by atoms with van der Waals surface area (Å²) in [5.74, 6) is -0.983. The highest BCUT2D eigenvalue weighted by Crippen LogP contribution is 2.14. The first kappa shape index (κ1) is 15.7. The Morgan fingerprint density at radius 1 is 1.37 bits per heavy atom. The molecule has 0 amide bonds. The number of ether oxygens (including phenoxy) is 1. The molecule has 0 fully saturated rings. The van der Waals surface area contributed by atoms with Crippen molar-refractivity contribution >= 4 is 38.3 Å². The number of thiol groups is 1. The number of nitrogens with one attached hydrogen (secondary N) is 1. The average Bonchev–Trinajstić information content (AvgIpc) is 2.36. The smallest absolute Gasteiger partial charge is 0.336 e. The van der Waals surface area contributed by atoms with Gasteiger partial charge in [0.05, 0.1) is 17.9 Å². The number of carbonyl (C=O) groups excluding carboxylic acids is 1. The van der Waals surface area contributed by atoms with Gasteiger partial charge in [-0.2, -0.15) is 0 Å². The summed E-state index contributed by atoms with van der Waals surface area (Å²) in [6.45, 7) is 1.86. The van der Waals surface area contributed by atoms with E-state index in [-0.39, 0.29) is 17.9 Å². The fourth-order valence-electron chi connectivity index (χ4n) is 1.25. The molecule has 0 saturated heterocycles. The molecule has 0 spiro atoms. The van der Waals surface area contributed by atoms with Crippen LogP contribution >= 0.6 is 15.9 Å². The van der Waals surface area contributed by atoms with Gasteiger partial charge in [0.1, 0.15) is 10.7 Å². The van der Waals surface area contributed by atoms with Crippen molar-refractivity contribution in [3.05, 3.63) is 40.5 Å². The summed E-state index contributed by atoms with van der Waals surface area (Å²) < 4.78 is 27.2. The zero-order valence-corrected chi connectivity index (χ0v) is 12.7. The molecule has 0 atom stereocenters. The van der Waals surface area contributed by atoms with Gasteiger partial charge in [0, 0.05) is 16.4 Å². The van der Waals surface area contributed by atoms with Crippen LogP contribution in [0.5, 0.6) is 0 Å². The molecule has 0 aliphatic rings. The van der Waals surface area contributed by atoms with E-state index in [0.717, 1.165) is 10.2 Å². The van der Waals surface area contributed by atoms with Crippen LogP contribution in [0.3, 0.4) is 0 Å². The van der Waals surface area contributed by atoms with Gasteiger partial charge in [0.2, 0.25) is 0 Å². The Bertz CT molecular complexity index is 529. The van der Waals surface area contributed by atoms with E-state index in [1.165, 1.54) is 6.20 Å². The summed E-state index contributed by atoms with van der Waals surface area (Å²) >= 11 is 3.30. The van der Waals surface area contributed by atoms with Crippen LogP contribution in [0.25, 0.3) is 0 Å². The van der Waals surface area contributed by atoms with Gasteiger partial charge in [-0.15, -0.1) is 0 Å². The number of rotatable bonds is 6. The number of hydrogen-bond donors (Lipinski definition) is 2. The molecule has 0 aromatic heterocycles. The molecule has 1 aromatic rings. The molecule has 104 valence electrons. The second-order valence-corrected chi connectivity index (χ2v) is 5.43. The molecule has 0 heterocycles. The maximum absolute atomic E-state index is 11.5. The maximum Gasteiger partial charge on any atom is 0.336 e. The Balaban J connectivity index is 2.81. The van der Waals surface area contributed by atoms with Crippen LogP contribution < -0.4 is 5.32 Å². The highest BCUT2D eigenvalue weighted by molar-refractivity contribution is 9.10. The van der Waals surface area contributed by atoms with E-state index < -0.39 is 16.7 Å². The van der Waals surface area contributed by atoms with E-state index >= 15 is 0 Å².